The van der Waals surface area contributed by atoms with E-state index in [1.807, 2.05) is 24.3 Å². The highest BCUT2D eigenvalue weighted by molar-refractivity contribution is 7.90. The molecule has 0 unspecified atom stereocenters. The van der Waals surface area contributed by atoms with Crippen LogP contribution in [0.4, 0.5) is 5.69 Å². The number of aliphatic hydroxyl groups is 1. The molecule has 0 saturated heterocycles. The van der Waals surface area contributed by atoms with Crippen LogP contribution in [-0.2, 0) is 43.0 Å². The molecule has 1 saturated carbocycles. The molecule has 3 aromatic rings. The van der Waals surface area contributed by atoms with Crippen LogP contribution in [0.25, 0.3) is 0 Å². The van der Waals surface area contributed by atoms with E-state index in [4.69, 9.17) is 25.8 Å². The maximum Gasteiger partial charge on any atom is 0.270 e. The molecule has 53 heavy (non-hydrogen) atoms. The van der Waals surface area contributed by atoms with Crippen LogP contribution in [0.15, 0.2) is 77.7 Å². The average molecular weight is 766 g/mol. The van der Waals surface area contributed by atoms with Crippen molar-refractivity contribution in [3.63, 3.8) is 0 Å². The predicted octanol–water partition coefficient (Wildman–Crippen LogP) is 5.61. The zero-order valence-corrected chi connectivity index (χ0v) is 32.0. The van der Waals surface area contributed by atoms with Crippen LogP contribution >= 0.6 is 11.6 Å². The highest BCUT2D eigenvalue weighted by Gasteiger charge is 2.44. The van der Waals surface area contributed by atoms with Gasteiger partial charge in [-0.1, -0.05) is 35.9 Å². The van der Waals surface area contributed by atoms with Crippen molar-refractivity contribution in [3.05, 3.63) is 94.5 Å². The van der Waals surface area contributed by atoms with Crippen molar-refractivity contribution in [2.24, 2.45) is 11.8 Å². The molecular weight excluding hydrogens is 718 g/mol. The van der Waals surface area contributed by atoms with E-state index in [0.717, 1.165) is 43.2 Å². The molecule has 2 aliphatic heterocycles. The van der Waals surface area contributed by atoms with Gasteiger partial charge in [0.1, 0.15) is 18.1 Å². The number of methoxy groups -OCH3 is 2. The fourth-order valence-corrected chi connectivity index (χ4v) is 8.66. The molecule has 4 atom stereocenters. The molecule has 2 amide bonds. The van der Waals surface area contributed by atoms with E-state index in [1.165, 1.54) is 42.3 Å². The van der Waals surface area contributed by atoms with Gasteiger partial charge in [-0.3, -0.25) is 9.59 Å². The third kappa shape index (κ3) is 8.67. The second-order valence-corrected chi connectivity index (χ2v) is 16.3. The van der Waals surface area contributed by atoms with Gasteiger partial charge in [-0.15, -0.1) is 0 Å². The minimum atomic E-state index is -4.45. The number of amides is 2. The van der Waals surface area contributed by atoms with E-state index < -0.39 is 33.9 Å². The van der Waals surface area contributed by atoms with Crippen molar-refractivity contribution in [2.75, 3.05) is 45.8 Å². The molecule has 2 N–H and O–H groups in total. The molecule has 6 rings (SSSR count). The summed E-state index contributed by atoms with van der Waals surface area (Å²) in [5, 5.41) is 13.1. The highest BCUT2D eigenvalue weighted by Crippen LogP contribution is 2.43. The van der Waals surface area contributed by atoms with Crippen LogP contribution in [0.5, 0.6) is 11.5 Å². The Hall–Kier alpha value is -4.10. The summed E-state index contributed by atoms with van der Waals surface area (Å²) < 4.78 is 46.7. The van der Waals surface area contributed by atoms with E-state index in [1.54, 1.807) is 26.3 Å². The number of aryl methyl sites for hydroxylation is 1. The van der Waals surface area contributed by atoms with Crippen LogP contribution < -0.4 is 19.1 Å². The highest BCUT2D eigenvalue weighted by atomic mass is 35.5. The number of anilines is 1. The van der Waals surface area contributed by atoms with E-state index in [0.29, 0.717) is 54.2 Å². The summed E-state index contributed by atoms with van der Waals surface area (Å²) in [5.41, 5.74) is 0.286. The van der Waals surface area contributed by atoms with Gasteiger partial charge in [0.25, 0.3) is 15.9 Å². The lowest BCUT2D eigenvalue weighted by Crippen LogP contribution is -2.49. The lowest BCUT2D eigenvalue weighted by molar-refractivity contribution is -0.148. The first-order chi connectivity index (χ1) is 25.4. The first-order valence-electron chi connectivity index (χ1n) is 18.1. The maximum absolute atomic E-state index is 14.2. The molecule has 1 aliphatic carbocycles. The van der Waals surface area contributed by atoms with Gasteiger partial charge >= 0.3 is 0 Å². The number of hydrogen-bond donors (Lipinski definition) is 2. The van der Waals surface area contributed by atoms with Crippen molar-refractivity contribution in [1.82, 2.24) is 9.62 Å². The molecule has 0 spiro atoms. The average Bonchev–Trinajstić information content (AvgIpc) is 3.16. The standard InChI is InChI=1S/C40H48ClN3O8S/c1-43-20-6-5-9-36(51-3)34-18-11-28(34)25-44-21-7-4-8-27-22-31(41)13-10-29(27)26-52-37-19-12-30(23-35(37)44)40(47,24-38(43)45)39(46)42-53(48,49)33-16-14-32(50-2)15-17-33/h5,9-10,12-17,19,22-23,28,34,36,47H,4,6-8,11,18,20-21,24-26H2,1-3H3,(H,42,46)/b9-5+/t28-,34+,36-,40+/m0/s1. The second-order valence-electron chi connectivity index (χ2n) is 14.2. The molecule has 1 fully saturated rings. The Morgan fingerprint density at radius 3 is 2.53 bits per heavy atom. The summed E-state index contributed by atoms with van der Waals surface area (Å²) in [6.45, 7) is 1.92. The Kier molecular flexibility index (Phi) is 12.0. The van der Waals surface area contributed by atoms with Gasteiger partial charge in [0.2, 0.25) is 5.91 Å². The zero-order chi connectivity index (χ0) is 37.8. The quantitative estimate of drug-likeness (QED) is 0.318. The monoisotopic (exact) mass is 765 g/mol. The van der Waals surface area contributed by atoms with Gasteiger partial charge in [0.15, 0.2) is 5.60 Å². The lowest BCUT2D eigenvalue weighted by Gasteiger charge is -2.43. The summed E-state index contributed by atoms with van der Waals surface area (Å²) in [5.74, 6) is -0.223. The van der Waals surface area contributed by atoms with Crippen molar-refractivity contribution >= 4 is 39.1 Å². The van der Waals surface area contributed by atoms with Gasteiger partial charge in [-0.05, 0) is 116 Å². The number of benzene rings is 3. The van der Waals surface area contributed by atoms with E-state index in [2.05, 4.69) is 15.7 Å². The van der Waals surface area contributed by atoms with Crippen molar-refractivity contribution in [3.8, 4) is 11.5 Å². The maximum atomic E-state index is 14.2. The number of sulfonamides is 1. The Bertz CT molecular complexity index is 1940. The van der Waals surface area contributed by atoms with Crippen molar-refractivity contribution in [1.29, 1.82) is 0 Å². The largest absolute Gasteiger partial charge is 0.497 e. The van der Waals surface area contributed by atoms with E-state index in [9.17, 15) is 23.1 Å². The molecule has 0 aromatic heterocycles. The summed E-state index contributed by atoms with van der Waals surface area (Å²) in [6.07, 6.45) is 8.43. The second kappa shape index (κ2) is 16.5. The molecule has 13 heteroatoms. The topological polar surface area (TPSA) is 135 Å². The lowest BCUT2D eigenvalue weighted by atomic mass is 9.70. The Morgan fingerprint density at radius 2 is 1.81 bits per heavy atom. The van der Waals surface area contributed by atoms with E-state index in [-0.39, 0.29) is 29.1 Å². The molecular formula is C40H48ClN3O8S. The molecule has 3 aromatic carbocycles. The third-order valence-corrected chi connectivity index (χ3v) is 12.4. The fourth-order valence-electron chi connectivity index (χ4n) is 7.44. The van der Waals surface area contributed by atoms with Gasteiger partial charge in [0.05, 0.1) is 30.2 Å². The number of nitrogens with zero attached hydrogens (tertiary/aromatic N) is 2. The van der Waals surface area contributed by atoms with Gasteiger partial charge in [0, 0.05) is 38.8 Å². The molecule has 2 heterocycles. The smallest absolute Gasteiger partial charge is 0.270 e. The predicted molar refractivity (Wildman–Crippen MR) is 203 cm³/mol. The number of hydrogen-bond acceptors (Lipinski definition) is 9. The third-order valence-electron chi connectivity index (χ3n) is 10.8. The van der Waals surface area contributed by atoms with Crippen LogP contribution in [0.2, 0.25) is 5.02 Å². The summed E-state index contributed by atoms with van der Waals surface area (Å²) >= 11 is 6.38. The Labute approximate surface area is 316 Å². The molecule has 11 nitrogen and oxygen atoms in total. The number of nitrogens with one attached hydrogen (secondary N) is 1. The van der Waals surface area contributed by atoms with E-state index >= 15 is 0 Å². The summed E-state index contributed by atoms with van der Waals surface area (Å²) in [7, 11) is 0.326. The normalized spacial score (nSPS) is 24.7. The van der Waals surface area contributed by atoms with Crippen LogP contribution in [0.3, 0.4) is 0 Å². The summed E-state index contributed by atoms with van der Waals surface area (Å²) in [6, 6.07) is 16.2. The minimum absolute atomic E-state index is 0.0722. The fraction of sp³-hybridized carbons (Fsp3) is 0.450. The number of halogens is 1. The van der Waals surface area contributed by atoms with Crippen LogP contribution in [-0.4, -0.2) is 77.2 Å². The molecule has 3 aliphatic rings. The molecule has 2 bridgehead atoms. The number of carbonyl (C=O) groups is 2. The number of rotatable bonds is 5. The Morgan fingerprint density at radius 1 is 1.02 bits per heavy atom. The molecule has 0 radical (unpaired) electrons. The van der Waals surface area contributed by atoms with Crippen LogP contribution in [0, 0.1) is 11.8 Å². The number of fused-ring (bicyclic) bond motifs is 3. The van der Waals surface area contributed by atoms with Gasteiger partial charge < -0.3 is 29.1 Å². The Balaban J connectivity index is 1.44. The summed E-state index contributed by atoms with van der Waals surface area (Å²) in [4.78, 5) is 31.4. The molecule has 284 valence electrons. The minimum Gasteiger partial charge on any atom is -0.497 e. The number of carbonyl (C=O) groups excluding carboxylic acids is 2. The first kappa shape index (κ1) is 38.6. The van der Waals surface area contributed by atoms with Gasteiger partial charge in [-0.25, -0.2) is 13.1 Å². The number of ether oxygens (including phenoxy) is 3. The van der Waals surface area contributed by atoms with Crippen molar-refractivity contribution in [2.45, 2.75) is 68.2 Å². The van der Waals surface area contributed by atoms with Crippen molar-refractivity contribution < 1.29 is 37.3 Å². The SMILES string of the molecule is COc1ccc(S(=O)(=O)NC(=O)[C@@]2(O)CC(=O)N(C)CC/C=C/[C@H](OC)[C@@H]3CC[C@H]3CN3CCCCc4cc(Cl)ccc4COc4ccc2cc43)cc1. The first-order valence-corrected chi connectivity index (χ1v) is 19.9. The van der Waals surface area contributed by atoms with Crippen LogP contribution in [0.1, 0.15) is 55.2 Å². The zero-order valence-electron chi connectivity index (χ0n) is 30.4. The van der Waals surface area contributed by atoms with Gasteiger partial charge in [-0.2, -0.15) is 0 Å².